The highest BCUT2D eigenvalue weighted by Crippen LogP contribution is 2.30. The largest absolute Gasteiger partial charge is 0.490 e. The van der Waals surface area contributed by atoms with E-state index < -0.39 is 28.0 Å². The summed E-state index contributed by atoms with van der Waals surface area (Å²) < 4.78 is 53.9. The zero-order valence-electron chi connectivity index (χ0n) is 28.0. The number of amides is 2. The van der Waals surface area contributed by atoms with Gasteiger partial charge in [0.05, 0.1) is 35.3 Å². The van der Waals surface area contributed by atoms with Crippen LogP contribution in [0.25, 0.3) is 0 Å². The molecule has 260 valence electrons. The standard InChI is InChI=1S/C35H50FN3O7S/c1-24-21-39(25(2)23-40)35(42)31-20-29(37-34(41)27-11-6-5-7-12-27)15-18-32(31)46-26(3)10-8-9-19-45-33(24)22-38(4)47(43,44)30-16-13-28(36)14-17-30/h13-18,20,24-27,33,40H,5-12,19,21-23H2,1-4H3,(H,37,41)/t24-,25+,26+,33-/m0/s1. The third kappa shape index (κ3) is 9.74. The molecule has 0 saturated heterocycles. The number of hydrogen-bond donors (Lipinski definition) is 2. The number of ether oxygens (including phenoxy) is 2. The minimum absolute atomic E-state index is 0.00383. The molecule has 1 saturated carbocycles. The van der Waals surface area contributed by atoms with Crippen molar-refractivity contribution in [3.63, 3.8) is 0 Å². The molecule has 1 aliphatic carbocycles. The Kier molecular flexibility index (Phi) is 13.2. The van der Waals surface area contributed by atoms with Gasteiger partial charge >= 0.3 is 0 Å². The van der Waals surface area contributed by atoms with E-state index in [0.717, 1.165) is 57.1 Å². The molecule has 2 N–H and O–H groups in total. The van der Waals surface area contributed by atoms with Crippen molar-refractivity contribution in [1.82, 2.24) is 9.21 Å². The first-order chi connectivity index (χ1) is 22.4. The van der Waals surface area contributed by atoms with Crippen LogP contribution in [0.2, 0.25) is 0 Å². The number of likely N-dealkylation sites (N-methyl/N-ethyl adjacent to an activating group) is 1. The fourth-order valence-electron chi connectivity index (χ4n) is 6.21. The van der Waals surface area contributed by atoms with Crippen molar-refractivity contribution in [2.24, 2.45) is 11.8 Å². The zero-order valence-corrected chi connectivity index (χ0v) is 28.8. The second-order valence-electron chi connectivity index (χ2n) is 13.1. The molecule has 0 radical (unpaired) electrons. The summed E-state index contributed by atoms with van der Waals surface area (Å²) in [6, 6.07) is 9.22. The highest BCUT2D eigenvalue weighted by atomic mass is 32.2. The number of benzene rings is 2. The van der Waals surface area contributed by atoms with Gasteiger partial charge in [-0.3, -0.25) is 9.59 Å². The van der Waals surface area contributed by atoms with Gasteiger partial charge in [-0.15, -0.1) is 0 Å². The van der Waals surface area contributed by atoms with E-state index >= 15 is 0 Å². The summed E-state index contributed by atoms with van der Waals surface area (Å²) >= 11 is 0. The molecule has 2 aromatic rings. The predicted octanol–water partition coefficient (Wildman–Crippen LogP) is 5.46. The van der Waals surface area contributed by atoms with Gasteiger partial charge < -0.3 is 24.8 Å². The van der Waals surface area contributed by atoms with Crippen LogP contribution in [-0.2, 0) is 19.6 Å². The Balaban J connectivity index is 1.62. The first-order valence-corrected chi connectivity index (χ1v) is 18.2. The van der Waals surface area contributed by atoms with E-state index in [-0.39, 0.29) is 59.9 Å². The summed E-state index contributed by atoms with van der Waals surface area (Å²) in [6.45, 7) is 5.82. The summed E-state index contributed by atoms with van der Waals surface area (Å²) in [6.07, 6.45) is 6.29. The Hall–Kier alpha value is -3.06. The minimum Gasteiger partial charge on any atom is -0.490 e. The first kappa shape index (κ1) is 36.8. The average Bonchev–Trinajstić information content (AvgIpc) is 3.06. The maximum absolute atomic E-state index is 14.3. The highest BCUT2D eigenvalue weighted by Gasteiger charge is 2.33. The molecular weight excluding hydrogens is 625 g/mol. The fourth-order valence-corrected chi connectivity index (χ4v) is 7.39. The molecule has 2 aliphatic rings. The van der Waals surface area contributed by atoms with Crippen LogP contribution in [0.15, 0.2) is 47.4 Å². The molecule has 2 aromatic carbocycles. The van der Waals surface area contributed by atoms with E-state index in [1.54, 1.807) is 30.0 Å². The van der Waals surface area contributed by atoms with Gasteiger partial charge in [-0.1, -0.05) is 26.2 Å². The summed E-state index contributed by atoms with van der Waals surface area (Å²) in [5, 5.41) is 13.2. The molecule has 4 rings (SSSR count). The van der Waals surface area contributed by atoms with Gasteiger partial charge in [-0.2, -0.15) is 4.31 Å². The Morgan fingerprint density at radius 3 is 2.43 bits per heavy atom. The Labute approximate surface area is 278 Å². The Morgan fingerprint density at radius 2 is 1.74 bits per heavy atom. The predicted molar refractivity (Wildman–Crippen MR) is 178 cm³/mol. The lowest BCUT2D eigenvalue weighted by Crippen LogP contribution is -2.48. The number of fused-ring (bicyclic) bond motifs is 1. The molecule has 0 spiro atoms. The van der Waals surface area contributed by atoms with Crippen molar-refractivity contribution in [3.8, 4) is 5.75 Å². The molecule has 4 atom stereocenters. The van der Waals surface area contributed by atoms with Gasteiger partial charge in [0.15, 0.2) is 0 Å². The van der Waals surface area contributed by atoms with Crippen LogP contribution in [0, 0.1) is 17.7 Å². The van der Waals surface area contributed by atoms with Crippen molar-refractivity contribution in [2.45, 2.75) is 95.3 Å². The van der Waals surface area contributed by atoms with Gasteiger partial charge in [-0.05, 0) is 88.4 Å². The van der Waals surface area contributed by atoms with Gasteiger partial charge in [0.2, 0.25) is 15.9 Å². The summed E-state index contributed by atoms with van der Waals surface area (Å²) in [5.41, 5.74) is 0.778. The van der Waals surface area contributed by atoms with Crippen LogP contribution in [-0.4, -0.2) is 86.1 Å². The highest BCUT2D eigenvalue weighted by molar-refractivity contribution is 7.89. The van der Waals surface area contributed by atoms with Crippen molar-refractivity contribution < 1.29 is 37.0 Å². The normalized spacial score (nSPS) is 23.0. The molecule has 0 bridgehead atoms. The van der Waals surface area contributed by atoms with Crippen LogP contribution in [0.4, 0.5) is 10.1 Å². The molecule has 0 unspecified atom stereocenters. The number of sulfonamides is 1. The Morgan fingerprint density at radius 1 is 1.06 bits per heavy atom. The fraction of sp³-hybridized carbons (Fsp3) is 0.600. The number of nitrogens with one attached hydrogen (secondary N) is 1. The summed E-state index contributed by atoms with van der Waals surface area (Å²) in [4.78, 5) is 28.9. The third-order valence-corrected chi connectivity index (χ3v) is 11.1. The maximum Gasteiger partial charge on any atom is 0.258 e. The lowest BCUT2D eigenvalue weighted by Gasteiger charge is -2.35. The lowest BCUT2D eigenvalue weighted by molar-refractivity contribution is -0.120. The first-order valence-electron chi connectivity index (χ1n) is 16.8. The Bertz CT molecular complexity index is 1450. The van der Waals surface area contributed by atoms with E-state index in [9.17, 15) is 27.5 Å². The van der Waals surface area contributed by atoms with E-state index in [1.165, 1.54) is 23.5 Å². The number of rotatable bonds is 8. The van der Waals surface area contributed by atoms with Crippen LogP contribution < -0.4 is 10.1 Å². The number of hydrogen-bond acceptors (Lipinski definition) is 7. The monoisotopic (exact) mass is 675 g/mol. The number of halogens is 1. The quantitative estimate of drug-likeness (QED) is 0.381. The number of nitrogens with zero attached hydrogens (tertiary/aromatic N) is 2. The van der Waals surface area contributed by atoms with Crippen molar-refractivity contribution >= 4 is 27.5 Å². The molecule has 10 nitrogen and oxygen atoms in total. The summed E-state index contributed by atoms with van der Waals surface area (Å²) in [5.74, 6) is -0.968. The van der Waals surface area contributed by atoms with Gasteiger partial charge in [0.1, 0.15) is 11.6 Å². The van der Waals surface area contributed by atoms with E-state index in [2.05, 4.69) is 5.32 Å². The average molecular weight is 676 g/mol. The van der Waals surface area contributed by atoms with Crippen LogP contribution in [0.3, 0.4) is 0 Å². The zero-order chi connectivity index (χ0) is 34.1. The number of carbonyl (C=O) groups excluding carboxylic acids is 2. The summed E-state index contributed by atoms with van der Waals surface area (Å²) in [7, 11) is -2.48. The number of aliphatic hydroxyl groups excluding tert-OH is 1. The molecule has 1 aliphatic heterocycles. The van der Waals surface area contributed by atoms with Crippen LogP contribution in [0.5, 0.6) is 5.75 Å². The molecule has 12 heteroatoms. The minimum atomic E-state index is -3.94. The van der Waals surface area contributed by atoms with Crippen LogP contribution >= 0.6 is 0 Å². The molecule has 1 fully saturated rings. The lowest BCUT2D eigenvalue weighted by atomic mass is 9.88. The van der Waals surface area contributed by atoms with Crippen molar-refractivity contribution in [2.75, 3.05) is 38.7 Å². The molecule has 0 aromatic heterocycles. The second-order valence-corrected chi connectivity index (χ2v) is 15.1. The SMILES string of the molecule is C[C@@H]1CCCCO[C@@H](CN(C)S(=O)(=O)c2ccc(F)cc2)[C@@H](C)CN([C@H](C)CO)C(=O)c2cc(NC(=O)C3CCCCC3)ccc2O1. The smallest absolute Gasteiger partial charge is 0.258 e. The molecule has 2 amide bonds. The van der Waals surface area contributed by atoms with Crippen molar-refractivity contribution in [3.05, 3.63) is 53.8 Å². The second kappa shape index (κ2) is 16.9. The number of carbonyl (C=O) groups is 2. The molecular formula is C35H50FN3O7S. The number of aliphatic hydroxyl groups is 1. The van der Waals surface area contributed by atoms with E-state index in [1.807, 2.05) is 13.8 Å². The van der Waals surface area contributed by atoms with Gasteiger partial charge in [0, 0.05) is 44.3 Å². The van der Waals surface area contributed by atoms with Gasteiger partial charge in [-0.25, -0.2) is 12.8 Å². The molecule has 47 heavy (non-hydrogen) atoms. The molecule has 1 heterocycles. The van der Waals surface area contributed by atoms with E-state index in [0.29, 0.717) is 24.5 Å². The van der Waals surface area contributed by atoms with Gasteiger partial charge in [0.25, 0.3) is 5.91 Å². The maximum atomic E-state index is 14.3. The van der Waals surface area contributed by atoms with Crippen LogP contribution in [0.1, 0.15) is 82.5 Å². The third-order valence-electron chi connectivity index (χ3n) is 9.25. The number of anilines is 1. The van der Waals surface area contributed by atoms with Crippen molar-refractivity contribution in [1.29, 1.82) is 0 Å². The van der Waals surface area contributed by atoms with E-state index in [4.69, 9.17) is 9.47 Å². The topological polar surface area (TPSA) is 125 Å².